The Morgan fingerprint density at radius 2 is 1.93 bits per heavy atom. The van der Waals surface area contributed by atoms with Gasteiger partial charge >= 0.3 is 0 Å². The number of nitrogens with one attached hydrogen (secondary N) is 2. The number of aliphatic imine (C=N–C) groups is 1. The fraction of sp³-hybridized carbons (Fsp3) is 0.667. The lowest BCUT2D eigenvalue weighted by molar-refractivity contribution is 0.268. The molecule has 0 heterocycles. The van der Waals surface area contributed by atoms with Crippen LogP contribution in [0, 0.1) is 6.92 Å². The minimum absolute atomic E-state index is 0. The van der Waals surface area contributed by atoms with Crippen molar-refractivity contribution in [1.82, 2.24) is 15.5 Å². The average Bonchev–Trinajstić information content (AvgIpc) is 2.60. The maximum absolute atomic E-state index is 5.75. The molecule has 0 saturated heterocycles. The van der Waals surface area contributed by atoms with E-state index in [1.165, 1.54) is 12.0 Å². The van der Waals surface area contributed by atoms with Crippen molar-refractivity contribution in [3.05, 3.63) is 29.3 Å². The van der Waals surface area contributed by atoms with Crippen molar-refractivity contribution in [3.8, 4) is 5.75 Å². The van der Waals surface area contributed by atoms with Crippen LogP contribution in [0.2, 0.25) is 0 Å². The first-order valence-electron chi connectivity index (χ1n) is 9.92. The Bertz CT molecular complexity index is 549. The molecule has 0 aliphatic carbocycles. The smallest absolute Gasteiger partial charge is 0.191 e. The molecule has 0 aromatic heterocycles. The van der Waals surface area contributed by atoms with Crippen molar-refractivity contribution in [1.29, 1.82) is 0 Å². The number of ether oxygens (including phenoxy) is 1. The molecule has 0 fully saturated rings. The van der Waals surface area contributed by atoms with Crippen molar-refractivity contribution in [3.63, 3.8) is 0 Å². The van der Waals surface area contributed by atoms with E-state index in [4.69, 9.17) is 9.73 Å². The van der Waals surface area contributed by atoms with E-state index in [1.54, 1.807) is 0 Å². The second-order valence-corrected chi connectivity index (χ2v) is 6.95. The maximum atomic E-state index is 5.75. The van der Waals surface area contributed by atoms with E-state index >= 15 is 0 Å². The lowest BCUT2D eigenvalue weighted by Gasteiger charge is -2.20. The van der Waals surface area contributed by atoms with E-state index in [2.05, 4.69) is 68.5 Å². The molecule has 6 heteroatoms. The normalized spacial score (nSPS) is 11.5. The van der Waals surface area contributed by atoms with Gasteiger partial charge in [0.2, 0.25) is 0 Å². The van der Waals surface area contributed by atoms with Gasteiger partial charge in [-0.1, -0.05) is 12.1 Å². The van der Waals surface area contributed by atoms with E-state index in [9.17, 15) is 0 Å². The van der Waals surface area contributed by atoms with Crippen LogP contribution in [0.15, 0.2) is 23.2 Å². The number of unbranched alkanes of at least 4 members (excludes halogenated alkanes) is 1. The number of hydrogen-bond acceptors (Lipinski definition) is 3. The molecule has 0 bridgehead atoms. The third kappa shape index (κ3) is 10.8. The van der Waals surface area contributed by atoms with Crippen LogP contribution in [0.3, 0.4) is 0 Å². The van der Waals surface area contributed by atoms with Crippen LogP contribution in [-0.2, 0) is 6.54 Å². The largest absolute Gasteiger partial charge is 0.494 e. The first-order valence-corrected chi connectivity index (χ1v) is 9.92. The van der Waals surface area contributed by atoms with E-state index in [-0.39, 0.29) is 24.0 Å². The third-order valence-electron chi connectivity index (χ3n) is 4.39. The quantitative estimate of drug-likeness (QED) is 0.212. The standard InChI is InChI=1S/C21H38N4O.HI/c1-7-22-21(23-13-9-10-14-25(6)17(3)4)24-16-19-12-11-18(5)15-20(19)26-8-2;/h11-12,15,17H,7-10,13-14,16H2,1-6H3,(H2,22,23,24);1H. The van der Waals surface area contributed by atoms with Gasteiger partial charge < -0.3 is 20.3 Å². The van der Waals surface area contributed by atoms with Crippen LogP contribution in [0.1, 0.15) is 51.7 Å². The highest BCUT2D eigenvalue weighted by Crippen LogP contribution is 2.21. The first-order chi connectivity index (χ1) is 12.5. The molecule has 1 aromatic rings. The summed E-state index contributed by atoms with van der Waals surface area (Å²) >= 11 is 0. The van der Waals surface area contributed by atoms with Crippen LogP contribution < -0.4 is 15.4 Å². The van der Waals surface area contributed by atoms with E-state index in [0.717, 1.165) is 43.3 Å². The van der Waals surface area contributed by atoms with E-state index < -0.39 is 0 Å². The highest BCUT2D eigenvalue weighted by Gasteiger charge is 2.05. The lowest BCUT2D eigenvalue weighted by Crippen LogP contribution is -2.38. The van der Waals surface area contributed by atoms with Gasteiger partial charge in [-0.25, -0.2) is 4.99 Å². The molecule has 2 N–H and O–H groups in total. The molecule has 0 radical (unpaired) electrons. The molecule has 1 aromatic carbocycles. The Morgan fingerprint density at radius 1 is 1.19 bits per heavy atom. The van der Waals surface area contributed by atoms with Gasteiger partial charge in [-0.05, 0) is 72.7 Å². The molecular formula is C21H39IN4O. The SMILES string of the molecule is CCNC(=NCc1ccc(C)cc1OCC)NCCCCN(C)C(C)C.I. The van der Waals surface area contributed by atoms with Gasteiger partial charge in [-0.3, -0.25) is 0 Å². The second kappa shape index (κ2) is 15.0. The molecule has 156 valence electrons. The fourth-order valence-corrected chi connectivity index (χ4v) is 2.54. The zero-order valence-corrected chi connectivity index (χ0v) is 20.3. The summed E-state index contributed by atoms with van der Waals surface area (Å²) in [6.45, 7) is 14.9. The number of nitrogens with zero attached hydrogens (tertiary/aromatic N) is 2. The second-order valence-electron chi connectivity index (χ2n) is 6.95. The summed E-state index contributed by atoms with van der Waals surface area (Å²) in [5.74, 6) is 1.80. The number of hydrogen-bond donors (Lipinski definition) is 2. The molecular weight excluding hydrogens is 451 g/mol. The molecule has 27 heavy (non-hydrogen) atoms. The predicted octanol–water partition coefficient (Wildman–Crippen LogP) is 4.19. The summed E-state index contributed by atoms with van der Waals surface area (Å²) in [5, 5.41) is 6.76. The van der Waals surface area contributed by atoms with Gasteiger partial charge in [0.25, 0.3) is 0 Å². The molecule has 0 unspecified atom stereocenters. The zero-order valence-electron chi connectivity index (χ0n) is 18.0. The topological polar surface area (TPSA) is 48.9 Å². The van der Waals surface area contributed by atoms with Crippen molar-refractivity contribution in [2.75, 3.05) is 33.3 Å². The Labute approximate surface area is 183 Å². The van der Waals surface area contributed by atoms with Crippen molar-refractivity contribution in [2.24, 2.45) is 4.99 Å². The molecule has 5 nitrogen and oxygen atoms in total. The van der Waals surface area contributed by atoms with Gasteiger partial charge in [-0.15, -0.1) is 24.0 Å². The van der Waals surface area contributed by atoms with Crippen molar-refractivity contribution in [2.45, 2.75) is 60.0 Å². The maximum Gasteiger partial charge on any atom is 0.191 e. The van der Waals surface area contributed by atoms with Gasteiger partial charge in [0.15, 0.2) is 5.96 Å². The van der Waals surface area contributed by atoms with E-state index in [1.807, 2.05) is 6.92 Å². The lowest BCUT2D eigenvalue weighted by atomic mass is 10.1. The minimum Gasteiger partial charge on any atom is -0.494 e. The number of benzene rings is 1. The summed E-state index contributed by atoms with van der Waals surface area (Å²) < 4.78 is 5.75. The van der Waals surface area contributed by atoms with Crippen molar-refractivity contribution < 1.29 is 4.74 Å². The average molecular weight is 490 g/mol. The summed E-state index contributed by atoms with van der Waals surface area (Å²) in [6, 6.07) is 6.91. The monoisotopic (exact) mass is 490 g/mol. The van der Waals surface area contributed by atoms with Crippen LogP contribution in [0.25, 0.3) is 0 Å². The van der Waals surface area contributed by atoms with Crippen LogP contribution >= 0.6 is 24.0 Å². The van der Waals surface area contributed by atoms with Gasteiger partial charge in [-0.2, -0.15) is 0 Å². The zero-order chi connectivity index (χ0) is 19.4. The number of halogens is 1. The van der Waals surface area contributed by atoms with Crippen LogP contribution in [0.5, 0.6) is 5.75 Å². The Balaban J connectivity index is 0.00000676. The molecule has 0 amide bonds. The molecule has 0 aliphatic heterocycles. The first kappa shape index (κ1) is 26.0. The molecule has 0 spiro atoms. The highest BCUT2D eigenvalue weighted by molar-refractivity contribution is 14.0. The van der Waals surface area contributed by atoms with Gasteiger partial charge in [0.1, 0.15) is 5.75 Å². The van der Waals surface area contributed by atoms with Crippen LogP contribution in [0.4, 0.5) is 0 Å². The summed E-state index contributed by atoms with van der Waals surface area (Å²) in [7, 11) is 2.18. The van der Waals surface area contributed by atoms with Gasteiger partial charge in [0, 0.05) is 24.7 Å². The number of rotatable bonds is 11. The predicted molar refractivity (Wildman–Crippen MR) is 128 cm³/mol. The Hall–Kier alpha value is -1.02. The van der Waals surface area contributed by atoms with Crippen molar-refractivity contribution >= 4 is 29.9 Å². The highest BCUT2D eigenvalue weighted by atomic mass is 127. The summed E-state index contributed by atoms with van der Waals surface area (Å²) in [6.07, 6.45) is 2.32. The van der Waals surface area contributed by atoms with Gasteiger partial charge in [0.05, 0.1) is 13.2 Å². The Kier molecular flexibility index (Phi) is 14.4. The fourth-order valence-electron chi connectivity index (χ4n) is 2.54. The molecule has 1 rings (SSSR count). The minimum atomic E-state index is 0. The summed E-state index contributed by atoms with van der Waals surface area (Å²) in [4.78, 5) is 7.10. The van der Waals surface area contributed by atoms with E-state index in [0.29, 0.717) is 19.2 Å². The molecule has 0 aliphatic rings. The van der Waals surface area contributed by atoms with Crippen LogP contribution in [-0.4, -0.2) is 50.2 Å². The Morgan fingerprint density at radius 3 is 2.56 bits per heavy atom. The third-order valence-corrected chi connectivity index (χ3v) is 4.39. The summed E-state index contributed by atoms with van der Waals surface area (Å²) in [5.41, 5.74) is 2.32. The number of aryl methyl sites for hydroxylation is 1. The molecule has 0 saturated carbocycles. The number of guanidine groups is 1. The molecule has 0 atom stereocenters.